The minimum atomic E-state index is -0.112. The molecule has 1 atom stereocenters. The van der Waals surface area contributed by atoms with Gasteiger partial charge in [0.2, 0.25) is 0 Å². The van der Waals surface area contributed by atoms with Crippen molar-refractivity contribution in [3.63, 3.8) is 0 Å². The molecule has 0 aliphatic carbocycles. The first-order valence-corrected chi connectivity index (χ1v) is 7.04. The fourth-order valence-corrected chi connectivity index (χ4v) is 2.71. The standard InChI is InChI=1S/C16H25NO/c1-16(2,14-7-4-3-5-8-14)10-12-17-11-6-9-15(18)13-17/h3-5,7-8,15,18H,6,9-13H2,1-2H3/t15-/m0/s1. The number of β-amino-alcohol motifs (C(OH)–C–C–N with tert-alkyl or cyclic N) is 1. The van der Waals surface area contributed by atoms with E-state index < -0.39 is 0 Å². The Kier molecular flexibility index (Phi) is 4.41. The predicted octanol–water partition coefficient (Wildman–Crippen LogP) is 2.81. The highest BCUT2D eigenvalue weighted by Gasteiger charge is 2.23. The topological polar surface area (TPSA) is 23.5 Å². The molecule has 0 amide bonds. The summed E-state index contributed by atoms with van der Waals surface area (Å²) >= 11 is 0. The van der Waals surface area contributed by atoms with Crippen molar-refractivity contribution in [2.24, 2.45) is 0 Å². The number of likely N-dealkylation sites (tertiary alicyclic amines) is 1. The molecule has 100 valence electrons. The lowest BCUT2D eigenvalue weighted by atomic mass is 9.81. The van der Waals surface area contributed by atoms with Crippen LogP contribution in [0.2, 0.25) is 0 Å². The molecule has 1 aromatic carbocycles. The van der Waals surface area contributed by atoms with Gasteiger partial charge in [0.25, 0.3) is 0 Å². The zero-order chi connectivity index (χ0) is 13.0. The van der Waals surface area contributed by atoms with Gasteiger partial charge >= 0.3 is 0 Å². The maximum Gasteiger partial charge on any atom is 0.0667 e. The Morgan fingerprint density at radius 3 is 2.67 bits per heavy atom. The molecule has 1 N–H and O–H groups in total. The summed E-state index contributed by atoms with van der Waals surface area (Å²) < 4.78 is 0. The van der Waals surface area contributed by atoms with E-state index >= 15 is 0 Å². The van der Waals surface area contributed by atoms with Crippen LogP contribution in [0.15, 0.2) is 30.3 Å². The van der Waals surface area contributed by atoms with Gasteiger partial charge in [-0.15, -0.1) is 0 Å². The van der Waals surface area contributed by atoms with Gasteiger partial charge in [-0.1, -0.05) is 44.2 Å². The van der Waals surface area contributed by atoms with E-state index in [4.69, 9.17) is 0 Å². The van der Waals surface area contributed by atoms with E-state index in [-0.39, 0.29) is 11.5 Å². The first-order chi connectivity index (χ1) is 8.58. The SMILES string of the molecule is CC(C)(CCN1CCC[C@H](O)C1)c1ccccc1. The largest absolute Gasteiger partial charge is 0.392 e. The van der Waals surface area contributed by atoms with E-state index in [9.17, 15) is 5.11 Å². The van der Waals surface area contributed by atoms with Gasteiger partial charge in [-0.2, -0.15) is 0 Å². The van der Waals surface area contributed by atoms with Crippen molar-refractivity contribution in [1.29, 1.82) is 0 Å². The van der Waals surface area contributed by atoms with Crippen LogP contribution in [-0.2, 0) is 5.41 Å². The summed E-state index contributed by atoms with van der Waals surface area (Å²) in [4.78, 5) is 2.40. The summed E-state index contributed by atoms with van der Waals surface area (Å²) in [5.41, 5.74) is 1.62. The smallest absolute Gasteiger partial charge is 0.0667 e. The zero-order valence-corrected chi connectivity index (χ0v) is 11.6. The molecule has 2 nitrogen and oxygen atoms in total. The van der Waals surface area contributed by atoms with E-state index in [2.05, 4.69) is 49.1 Å². The first kappa shape index (κ1) is 13.6. The minimum absolute atomic E-state index is 0.112. The molecule has 0 spiro atoms. The third-order valence-corrected chi connectivity index (χ3v) is 4.09. The quantitative estimate of drug-likeness (QED) is 0.884. The van der Waals surface area contributed by atoms with Crippen LogP contribution in [0.5, 0.6) is 0 Å². The molecule has 2 heteroatoms. The predicted molar refractivity (Wildman–Crippen MR) is 75.8 cm³/mol. The maximum atomic E-state index is 9.68. The van der Waals surface area contributed by atoms with Crippen LogP contribution in [0.1, 0.15) is 38.7 Å². The molecule has 1 fully saturated rings. The van der Waals surface area contributed by atoms with Crippen molar-refractivity contribution < 1.29 is 5.11 Å². The Labute approximate surface area is 111 Å². The number of benzene rings is 1. The number of aliphatic hydroxyl groups is 1. The number of nitrogens with zero attached hydrogens (tertiary/aromatic N) is 1. The maximum absolute atomic E-state index is 9.68. The van der Waals surface area contributed by atoms with Gasteiger partial charge in [0.1, 0.15) is 0 Å². The summed E-state index contributed by atoms with van der Waals surface area (Å²) in [6, 6.07) is 10.7. The Morgan fingerprint density at radius 2 is 2.00 bits per heavy atom. The second-order valence-corrected chi connectivity index (χ2v) is 6.10. The fraction of sp³-hybridized carbons (Fsp3) is 0.625. The Morgan fingerprint density at radius 1 is 1.28 bits per heavy atom. The number of aliphatic hydroxyl groups excluding tert-OH is 1. The van der Waals surface area contributed by atoms with Crippen LogP contribution in [-0.4, -0.2) is 35.7 Å². The Balaban J connectivity index is 1.89. The molecule has 0 bridgehead atoms. The van der Waals surface area contributed by atoms with Gasteiger partial charge in [-0.3, -0.25) is 0 Å². The molecule has 1 aliphatic rings. The molecule has 0 unspecified atom stereocenters. The summed E-state index contributed by atoms with van der Waals surface area (Å²) in [6.07, 6.45) is 3.13. The lowest BCUT2D eigenvalue weighted by molar-refractivity contribution is 0.0672. The van der Waals surface area contributed by atoms with Crippen LogP contribution < -0.4 is 0 Å². The van der Waals surface area contributed by atoms with Crippen LogP contribution in [0, 0.1) is 0 Å². The van der Waals surface area contributed by atoms with Crippen molar-refractivity contribution in [3.8, 4) is 0 Å². The average Bonchev–Trinajstić information content (AvgIpc) is 2.38. The normalized spacial score (nSPS) is 22.1. The average molecular weight is 247 g/mol. The molecule has 1 aromatic rings. The lowest BCUT2D eigenvalue weighted by Gasteiger charge is -2.33. The molecule has 18 heavy (non-hydrogen) atoms. The van der Waals surface area contributed by atoms with Crippen molar-refractivity contribution in [3.05, 3.63) is 35.9 Å². The molecule has 0 radical (unpaired) electrons. The molecular formula is C16H25NO. The lowest BCUT2D eigenvalue weighted by Crippen LogP contribution is -2.40. The highest BCUT2D eigenvalue weighted by atomic mass is 16.3. The molecule has 1 saturated heterocycles. The van der Waals surface area contributed by atoms with Gasteiger partial charge in [0.15, 0.2) is 0 Å². The van der Waals surface area contributed by atoms with Gasteiger partial charge < -0.3 is 10.0 Å². The summed E-state index contributed by atoms with van der Waals surface area (Å²) in [5, 5.41) is 9.68. The monoisotopic (exact) mass is 247 g/mol. The van der Waals surface area contributed by atoms with E-state index in [0.717, 1.165) is 38.9 Å². The van der Waals surface area contributed by atoms with Crippen LogP contribution in [0.3, 0.4) is 0 Å². The third-order valence-electron chi connectivity index (χ3n) is 4.09. The third kappa shape index (κ3) is 3.56. The van der Waals surface area contributed by atoms with E-state index in [0.29, 0.717) is 0 Å². The minimum Gasteiger partial charge on any atom is -0.392 e. The van der Waals surface area contributed by atoms with Crippen molar-refractivity contribution >= 4 is 0 Å². The van der Waals surface area contributed by atoms with Crippen LogP contribution in [0.4, 0.5) is 0 Å². The van der Waals surface area contributed by atoms with Crippen molar-refractivity contribution in [2.75, 3.05) is 19.6 Å². The van der Waals surface area contributed by atoms with E-state index in [1.165, 1.54) is 5.56 Å². The highest BCUT2D eigenvalue weighted by Crippen LogP contribution is 2.27. The van der Waals surface area contributed by atoms with Gasteiger partial charge in [0, 0.05) is 6.54 Å². The number of hydrogen-bond donors (Lipinski definition) is 1. The number of piperidine rings is 1. The molecule has 1 heterocycles. The molecule has 2 rings (SSSR count). The molecule has 0 saturated carbocycles. The zero-order valence-electron chi connectivity index (χ0n) is 11.6. The summed E-state index contributed by atoms with van der Waals surface area (Å²) in [7, 11) is 0. The van der Waals surface area contributed by atoms with Crippen molar-refractivity contribution in [1.82, 2.24) is 4.90 Å². The number of rotatable bonds is 4. The molecule has 1 aliphatic heterocycles. The number of hydrogen-bond acceptors (Lipinski definition) is 2. The molecule has 0 aromatic heterocycles. The summed E-state index contributed by atoms with van der Waals surface area (Å²) in [6.45, 7) is 7.69. The Bertz CT molecular complexity index is 361. The second kappa shape index (κ2) is 5.85. The second-order valence-electron chi connectivity index (χ2n) is 6.10. The van der Waals surface area contributed by atoms with E-state index in [1.54, 1.807) is 0 Å². The van der Waals surface area contributed by atoms with Crippen molar-refractivity contribution in [2.45, 2.75) is 44.6 Å². The van der Waals surface area contributed by atoms with Gasteiger partial charge in [-0.05, 0) is 43.3 Å². The summed E-state index contributed by atoms with van der Waals surface area (Å²) in [5.74, 6) is 0. The van der Waals surface area contributed by atoms with Crippen LogP contribution >= 0.6 is 0 Å². The van der Waals surface area contributed by atoms with E-state index in [1.807, 2.05) is 0 Å². The fourth-order valence-electron chi connectivity index (χ4n) is 2.71. The first-order valence-electron chi connectivity index (χ1n) is 7.04. The van der Waals surface area contributed by atoms with Crippen LogP contribution in [0.25, 0.3) is 0 Å². The van der Waals surface area contributed by atoms with Gasteiger partial charge in [-0.25, -0.2) is 0 Å². The Hall–Kier alpha value is -0.860. The van der Waals surface area contributed by atoms with Gasteiger partial charge in [0.05, 0.1) is 6.10 Å². The molecular weight excluding hydrogens is 222 g/mol. The highest BCUT2D eigenvalue weighted by molar-refractivity contribution is 5.23.